The van der Waals surface area contributed by atoms with Crippen LogP contribution in [-0.2, 0) is 0 Å². The lowest BCUT2D eigenvalue weighted by Crippen LogP contribution is -2.14. The highest BCUT2D eigenvalue weighted by Crippen LogP contribution is 2.28. The van der Waals surface area contributed by atoms with E-state index in [4.69, 9.17) is 4.74 Å². The average molecular weight is 386 g/mol. The molecule has 1 N–H and O–H groups in total. The Balaban J connectivity index is 2.23. The van der Waals surface area contributed by atoms with Crippen molar-refractivity contribution < 1.29 is 9.53 Å². The predicted molar refractivity (Wildman–Crippen MR) is 80.6 cm³/mol. The molecule has 19 heavy (non-hydrogen) atoms. The van der Waals surface area contributed by atoms with E-state index in [9.17, 15) is 4.79 Å². The standard InChI is InChI=1S/C13H10Br2N2O2/c1-19-12-5-3-8(14)6-11(12)17-13(18)10-4-2-9(15)7-16-10/h2-7H,1H3,(H,17,18). The molecule has 1 heterocycles. The first-order valence-electron chi connectivity index (χ1n) is 5.36. The van der Waals surface area contributed by atoms with E-state index in [1.54, 1.807) is 37.6 Å². The number of pyridine rings is 1. The number of anilines is 1. The third-order valence-electron chi connectivity index (χ3n) is 2.37. The largest absolute Gasteiger partial charge is 0.495 e. The van der Waals surface area contributed by atoms with Gasteiger partial charge in [0.2, 0.25) is 0 Å². The molecule has 2 aromatic rings. The van der Waals surface area contributed by atoms with E-state index in [1.807, 2.05) is 6.07 Å². The number of carbonyl (C=O) groups excluding carboxylic acids is 1. The van der Waals surface area contributed by atoms with Gasteiger partial charge in [0.15, 0.2) is 0 Å². The number of carbonyl (C=O) groups is 1. The van der Waals surface area contributed by atoms with Crippen LogP contribution in [0.3, 0.4) is 0 Å². The summed E-state index contributed by atoms with van der Waals surface area (Å²) < 4.78 is 6.87. The number of hydrogen-bond acceptors (Lipinski definition) is 3. The van der Waals surface area contributed by atoms with Crippen molar-refractivity contribution in [2.24, 2.45) is 0 Å². The van der Waals surface area contributed by atoms with Gasteiger partial charge < -0.3 is 10.1 Å². The molecule has 0 fully saturated rings. The van der Waals surface area contributed by atoms with Crippen LogP contribution in [-0.4, -0.2) is 18.0 Å². The molecule has 1 amide bonds. The molecule has 0 unspecified atom stereocenters. The summed E-state index contributed by atoms with van der Waals surface area (Å²) in [6.07, 6.45) is 1.58. The fraction of sp³-hybridized carbons (Fsp3) is 0.0769. The fourth-order valence-corrected chi connectivity index (χ4v) is 2.07. The Morgan fingerprint density at radius 3 is 2.58 bits per heavy atom. The molecule has 0 saturated heterocycles. The fourth-order valence-electron chi connectivity index (χ4n) is 1.47. The lowest BCUT2D eigenvalue weighted by atomic mass is 10.2. The van der Waals surface area contributed by atoms with Crippen LogP contribution < -0.4 is 10.1 Å². The van der Waals surface area contributed by atoms with Crippen molar-refractivity contribution in [1.82, 2.24) is 4.98 Å². The molecule has 2 rings (SSSR count). The van der Waals surface area contributed by atoms with Gasteiger partial charge in [0, 0.05) is 15.1 Å². The van der Waals surface area contributed by atoms with Gasteiger partial charge in [0.05, 0.1) is 12.8 Å². The third-order valence-corrected chi connectivity index (χ3v) is 3.33. The molecule has 4 nitrogen and oxygen atoms in total. The highest BCUT2D eigenvalue weighted by atomic mass is 79.9. The minimum Gasteiger partial charge on any atom is -0.495 e. The number of methoxy groups -OCH3 is 1. The number of amides is 1. The predicted octanol–water partition coefficient (Wildman–Crippen LogP) is 3.87. The Labute approximate surface area is 127 Å². The van der Waals surface area contributed by atoms with Gasteiger partial charge in [0.25, 0.3) is 5.91 Å². The van der Waals surface area contributed by atoms with Crippen molar-refractivity contribution in [2.45, 2.75) is 0 Å². The molecule has 0 bridgehead atoms. The molecule has 0 aliphatic heterocycles. The maximum atomic E-state index is 12.0. The van der Waals surface area contributed by atoms with E-state index in [1.165, 1.54) is 0 Å². The summed E-state index contributed by atoms with van der Waals surface area (Å²) in [6.45, 7) is 0. The molecule has 0 aliphatic carbocycles. The number of aromatic nitrogens is 1. The van der Waals surface area contributed by atoms with E-state index in [0.29, 0.717) is 17.1 Å². The van der Waals surface area contributed by atoms with Crippen LogP contribution in [0.2, 0.25) is 0 Å². The van der Waals surface area contributed by atoms with Gasteiger partial charge in [0.1, 0.15) is 11.4 Å². The van der Waals surface area contributed by atoms with Crippen LogP contribution in [0.1, 0.15) is 10.5 Å². The molecule has 98 valence electrons. The molecule has 6 heteroatoms. The zero-order valence-electron chi connectivity index (χ0n) is 9.98. The number of halogens is 2. The molecule has 0 radical (unpaired) electrons. The molecule has 0 atom stereocenters. The molecule has 1 aromatic heterocycles. The highest BCUT2D eigenvalue weighted by Gasteiger charge is 2.11. The summed E-state index contributed by atoms with van der Waals surface area (Å²) in [6, 6.07) is 8.79. The average Bonchev–Trinajstić information content (AvgIpc) is 2.39. The van der Waals surface area contributed by atoms with E-state index < -0.39 is 0 Å². The number of nitrogens with zero attached hydrogens (tertiary/aromatic N) is 1. The van der Waals surface area contributed by atoms with Gasteiger partial charge >= 0.3 is 0 Å². The zero-order valence-corrected chi connectivity index (χ0v) is 13.2. The lowest BCUT2D eigenvalue weighted by molar-refractivity contribution is 0.102. The van der Waals surface area contributed by atoms with Crippen LogP contribution in [0, 0.1) is 0 Å². The van der Waals surface area contributed by atoms with Gasteiger partial charge in [-0.25, -0.2) is 4.98 Å². The van der Waals surface area contributed by atoms with Gasteiger partial charge in [-0.3, -0.25) is 4.79 Å². The quantitative estimate of drug-likeness (QED) is 0.872. The summed E-state index contributed by atoms with van der Waals surface area (Å²) in [5.74, 6) is 0.303. The Bertz CT molecular complexity index is 600. The summed E-state index contributed by atoms with van der Waals surface area (Å²) >= 11 is 6.63. The second kappa shape index (κ2) is 6.16. The number of benzene rings is 1. The SMILES string of the molecule is COc1ccc(Br)cc1NC(=O)c1ccc(Br)cn1. The summed E-state index contributed by atoms with van der Waals surface area (Å²) in [5, 5.41) is 2.77. The first kappa shape index (κ1) is 14.0. The maximum absolute atomic E-state index is 12.0. The van der Waals surface area contributed by atoms with Crippen molar-refractivity contribution in [1.29, 1.82) is 0 Å². The second-order valence-corrected chi connectivity index (χ2v) is 5.49. The summed E-state index contributed by atoms with van der Waals surface area (Å²) in [5.41, 5.74) is 0.928. The smallest absolute Gasteiger partial charge is 0.274 e. The van der Waals surface area contributed by atoms with Gasteiger partial charge in [-0.15, -0.1) is 0 Å². The van der Waals surface area contributed by atoms with Crippen LogP contribution in [0.4, 0.5) is 5.69 Å². The maximum Gasteiger partial charge on any atom is 0.274 e. The van der Waals surface area contributed by atoms with Gasteiger partial charge in [-0.2, -0.15) is 0 Å². The minimum atomic E-state index is -0.288. The van der Waals surface area contributed by atoms with Crippen molar-refractivity contribution >= 4 is 43.5 Å². The molecule has 0 aliphatic rings. The Morgan fingerprint density at radius 1 is 1.21 bits per heavy atom. The Kier molecular flexibility index (Phi) is 4.55. The Morgan fingerprint density at radius 2 is 1.95 bits per heavy atom. The minimum absolute atomic E-state index is 0.288. The highest BCUT2D eigenvalue weighted by molar-refractivity contribution is 9.10. The molecule has 1 aromatic carbocycles. The number of hydrogen-bond donors (Lipinski definition) is 1. The van der Waals surface area contributed by atoms with Crippen molar-refractivity contribution in [3.63, 3.8) is 0 Å². The molecular weight excluding hydrogens is 376 g/mol. The topological polar surface area (TPSA) is 51.2 Å². The van der Waals surface area contributed by atoms with E-state index in [2.05, 4.69) is 42.2 Å². The van der Waals surface area contributed by atoms with Crippen LogP contribution in [0.25, 0.3) is 0 Å². The summed E-state index contributed by atoms with van der Waals surface area (Å²) in [4.78, 5) is 16.1. The Hall–Kier alpha value is -1.40. The first-order chi connectivity index (χ1) is 9.10. The molecule has 0 spiro atoms. The van der Waals surface area contributed by atoms with Crippen LogP contribution >= 0.6 is 31.9 Å². The molecule has 0 saturated carbocycles. The third kappa shape index (κ3) is 3.54. The monoisotopic (exact) mass is 384 g/mol. The van der Waals surface area contributed by atoms with Crippen molar-refractivity contribution in [3.8, 4) is 5.75 Å². The lowest BCUT2D eigenvalue weighted by Gasteiger charge is -2.10. The van der Waals surface area contributed by atoms with Crippen LogP contribution in [0.5, 0.6) is 5.75 Å². The van der Waals surface area contributed by atoms with E-state index >= 15 is 0 Å². The molecular formula is C13H10Br2N2O2. The second-order valence-electron chi connectivity index (χ2n) is 3.66. The van der Waals surface area contributed by atoms with Gasteiger partial charge in [-0.05, 0) is 46.3 Å². The number of ether oxygens (including phenoxy) is 1. The normalized spacial score (nSPS) is 10.1. The first-order valence-corrected chi connectivity index (χ1v) is 6.95. The van der Waals surface area contributed by atoms with Crippen LogP contribution in [0.15, 0.2) is 45.5 Å². The van der Waals surface area contributed by atoms with Gasteiger partial charge in [-0.1, -0.05) is 15.9 Å². The number of nitrogens with one attached hydrogen (secondary N) is 1. The van der Waals surface area contributed by atoms with Crippen molar-refractivity contribution in [2.75, 3.05) is 12.4 Å². The van der Waals surface area contributed by atoms with E-state index in [-0.39, 0.29) is 5.91 Å². The zero-order chi connectivity index (χ0) is 13.8. The van der Waals surface area contributed by atoms with Crippen molar-refractivity contribution in [3.05, 3.63) is 51.2 Å². The summed E-state index contributed by atoms with van der Waals surface area (Å²) in [7, 11) is 1.55. The number of rotatable bonds is 3. The van der Waals surface area contributed by atoms with E-state index in [0.717, 1.165) is 8.95 Å².